The second-order valence-corrected chi connectivity index (χ2v) is 4.30. The molecule has 5 nitrogen and oxygen atoms in total. The Balaban J connectivity index is 1.95. The van der Waals surface area contributed by atoms with Gasteiger partial charge in [-0.25, -0.2) is 4.99 Å². The van der Waals surface area contributed by atoms with Crippen LogP contribution in [0.1, 0.15) is 19.8 Å². The summed E-state index contributed by atoms with van der Waals surface area (Å²) in [6.07, 6.45) is 2.53. The zero-order valence-electron chi connectivity index (χ0n) is 10.6. The van der Waals surface area contributed by atoms with Gasteiger partial charge >= 0.3 is 0 Å². The van der Waals surface area contributed by atoms with Crippen molar-refractivity contribution in [1.29, 1.82) is 0 Å². The number of guanidine groups is 1. The van der Waals surface area contributed by atoms with Crippen molar-refractivity contribution in [2.75, 3.05) is 32.9 Å². The van der Waals surface area contributed by atoms with E-state index < -0.39 is 0 Å². The zero-order chi connectivity index (χ0) is 12.5. The highest BCUT2D eigenvalue weighted by Gasteiger charge is 2.14. The fourth-order valence-corrected chi connectivity index (χ4v) is 1.52. The van der Waals surface area contributed by atoms with Crippen LogP contribution in [0.3, 0.4) is 0 Å². The average Bonchev–Trinajstić information content (AvgIpc) is 2.79. The van der Waals surface area contributed by atoms with Gasteiger partial charge in [-0.1, -0.05) is 12.2 Å². The molecule has 1 heterocycles. The maximum absolute atomic E-state index is 5.64. The Kier molecular flexibility index (Phi) is 6.65. The van der Waals surface area contributed by atoms with Crippen molar-refractivity contribution in [3.8, 4) is 0 Å². The lowest BCUT2D eigenvalue weighted by Gasteiger charge is -2.10. The summed E-state index contributed by atoms with van der Waals surface area (Å²) in [6, 6.07) is 0. The number of rotatable bonds is 7. The third-order valence-corrected chi connectivity index (χ3v) is 2.40. The van der Waals surface area contributed by atoms with Crippen LogP contribution in [0.15, 0.2) is 17.1 Å². The van der Waals surface area contributed by atoms with Gasteiger partial charge in [0.2, 0.25) is 0 Å². The van der Waals surface area contributed by atoms with Crippen molar-refractivity contribution in [3.63, 3.8) is 0 Å². The lowest BCUT2D eigenvalue weighted by Crippen LogP contribution is -2.34. The molecule has 0 bridgehead atoms. The molecule has 98 valence electrons. The SMILES string of the molecule is C=C(C)CN=C(N)NCCOCC1CCCO1. The average molecular weight is 241 g/mol. The summed E-state index contributed by atoms with van der Waals surface area (Å²) in [5.74, 6) is 0.439. The summed E-state index contributed by atoms with van der Waals surface area (Å²) in [4.78, 5) is 4.10. The van der Waals surface area contributed by atoms with Gasteiger partial charge in [-0.15, -0.1) is 0 Å². The molecular weight excluding hydrogens is 218 g/mol. The quantitative estimate of drug-likeness (QED) is 0.297. The van der Waals surface area contributed by atoms with Gasteiger partial charge in [0.15, 0.2) is 5.96 Å². The van der Waals surface area contributed by atoms with E-state index in [9.17, 15) is 0 Å². The first-order valence-corrected chi connectivity index (χ1v) is 6.06. The van der Waals surface area contributed by atoms with Crippen LogP contribution in [0.4, 0.5) is 0 Å². The maximum Gasteiger partial charge on any atom is 0.188 e. The Morgan fingerprint density at radius 2 is 2.47 bits per heavy atom. The van der Waals surface area contributed by atoms with Gasteiger partial charge in [0.1, 0.15) is 0 Å². The number of nitrogens with zero attached hydrogens (tertiary/aromatic N) is 1. The van der Waals surface area contributed by atoms with Crippen molar-refractivity contribution < 1.29 is 9.47 Å². The van der Waals surface area contributed by atoms with Gasteiger partial charge in [-0.3, -0.25) is 0 Å². The summed E-state index contributed by atoms with van der Waals surface area (Å²) in [6.45, 7) is 9.05. The molecule has 0 radical (unpaired) electrons. The number of ether oxygens (including phenoxy) is 2. The second kappa shape index (κ2) is 8.08. The lowest BCUT2D eigenvalue weighted by atomic mass is 10.2. The van der Waals surface area contributed by atoms with E-state index in [1.54, 1.807) is 0 Å². The standard InChI is InChI=1S/C12H23N3O2/c1-10(2)8-15-12(13)14-5-7-16-9-11-4-3-6-17-11/h11H,1,3-9H2,2H3,(H3,13,14,15). The fourth-order valence-electron chi connectivity index (χ4n) is 1.52. The van der Waals surface area contributed by atoms with Crippen molar-refractivity contribution in [3.05, 3.63) is 12.2 Å². The molecule has 3 N–H and O–H groups in total. The highest BCUT2D eigenvalue weighted by atomic mass is 16.5. The van der Waals surface area contributed by atoms with Crippen LogP contribution in [0.25, 0.3) is 0 Å². The van der Waals surface area contributed by atoms with Gasteiger partial charge < -0.3 is 20.5 Å². The molecule has 0 aromatic heterocycles. The summed E-state index contributed by atoms with van der Waals surface area (Å²) in [5, 5.41) is 2.98. The van der Waals surface area contributed by atoms with Crippen LogP contribution >= 0.6 is 0 Å². The zero-order valence-corrected chi connectivity index (χ0v) is 10.6. The van der Waals surface area contributed by atoms with Gasteiger partial charge in [0.05, 0.1) is 25.9 Å². The van der Waals surface area contributed by atoms with Crippen LogP contribution in [0.5, 0.6) is 0 Å². The third kappa shape index (κ3) is 6.97. The number of hydrogen-bond donors (Lipinski definition) is 2. The van der Waals surface area contributed by atoms with Crippen molar-refractivity contribution in [1.82, 2.24) is 5.32 Å². The maximum atomic E-state index is 5.64. The van der Waals surface area contributed by atoms with Gasteiger partial charge in [-0.05, 0) is 19.8 Å². The van der Waals surface area contributed by atoms with E-state index in [1.807, 2.05) is 6.92 Å². The third-order valence-electron chi connectivity index (χ3n) is 2.40. The molecule has 0 spiro atoms. The molecule has 0 saturated carbocycles. The molecule has 1 aliphatic rings. The largest absolute Gasteiger partial charge is 0.377 e. The predicted octanol–water partition coefficient (Wildman–Crippen LogP) is 0.662. The molecule has 0 aromatic rings. The van der Waals surface area contributed by atoms with Crippen molar-refractivity contribution in [2.24, 2.45) is 10.7 Å². The molecule has 1 atom stereocenters. The monoisotopic (exact) mass is 241 g/mol. The molecule has 1 unspecified atom stereocenters. The first-order chi connectivity index (χ1) is 8.18. The molecule has 0 aliphatic carbocycles. The Labute approximate surface area is 103 Å². The summed E-state index contributed by atoms with van der Waals surface area (Å²) in [5.41, 5.74) is 6.63. The molecule has 5 heteroatoms. The molecule has 0 amide bonds. The van der Waals surface area contributed by atoms with E-state index >= 15 is 0 Å². The van der Waals surface area contributed by atoms with Gasteiger partial charge in [0.25, 0.3) is 0 Å². The Morgan fingerprint density at radius 3 is 3.12 bits per heavy atom. The molecular formula is C12H23N3O2. The molecule has 1 rings (SSSR count). The van der Waals surface area contributed by atoms with E-state index in [2.05, 4.69) is 16.9 Å². The fraction of sp³-hybridized carbons (Fsp3) is 0.750. The van der Waals surface area contributed by atoms with Crippen LogP contribution in [-0.4, -0.2) is 45.0 Å². The van der Waals surface area contributed by atoms with E-state index in [0.29, 0.717) is 32.3 Å². The molecule has 1 fully saturated rings. The Hall–Kier alpha value is -1.07. The van der Waals surface area contributed by atoms with E-state index in [-0.39, 0.29) is 6.10 Å². The molecule has 1 aliphatic heterocycles. The first-order valence-electron chi connectivity index (χ1n) is 6.06. The Morgan fingerprint density at radius 1 is 1.65 bits per heavy atom. The number of aliphatic imine (C=N–C) groups is 1. The minimum Gasteiger partial charge on any atom is -0.377 e. The second-order valence-electron chi connectivity index (χ2n) is 4.30. The van der Waals surface area contributed by atoms with Crippen LogP contribution < -0.4 is 11.1 Å². The number of hydrogen-bond acceptors (Lipinski definition) is 3. The van der Waals surface area contributed by atoms with E-state index in [1.165, 1.54) is 0 Å². The lowest BCUT2D eigenvalue weighted by molar-refractivity contribution is 0.0191. The molecule has 1 saturated heterocycles. The minimum atomic E-state index is 0.282. The first kappa shape index (κ1) is 14.0. The molecule has 0 aromatic carbocycles. The number of nitrogens with two attached hydrogens (primary N) is 1. The van der Waals surface area contributed by atoms with Crippen molar-refractivity contribution >= 4 is 5.96 Å². The van der Waals surface area contributed by atoms with Crippen molar-refractivity contribution in [2.45, 2.75) is 25.9 Å². The number of nitrogens with one attached hydrogen (secondary N) is 1. The predicted molar refractivity (Wildman–Crippen MR) is 69.1 cm³/mol. The van der Waals surface area contributed by atoms with E-state index in [4.69, 9.17) is 15.2 Å². The van der Waals surface area contributed by atoms with Crippen LogP contribution in [0.2, 0.25) is 0 Å². The minimum absolute atomic E-state index is 0.282. The summed E-state index contributed by atoms with van der Waals surface area (Å²) >= 11 is 0. The van der Waals surface area contributed by atoms with Gasteiger partial charge in [-0.2, -0.15) is 0 Å². The van der Waals surface area contributed by atoms with Gasteiger partial charge in [0, 0.05) is 13.2 Å². The van der Waals surface area contributed by atoms with Crippen LogP contribution in [-0.2, 0) is 9.47 Å². The van der Waals surface area contributed by atoms with Crippen LogP contribution in [0, 0.1) is 0 Å². The smallest absolute Gasteiger partial charge is 0.188 e. The molecule has 17 heavy (non-hydrogen) atoms. The summed E-state index contributed by atoms with van der Waals surface area (Å²) in [7, 11) is 0. The topological polar surface area (TPSA) is 68.9 Å². The Bertz CT molecular complexity index is 260. The normalized spacial score (nSPS) is 20.5. The highest BCUT2D eigenvalue weighted by molar-refractivity contribution is 5.77. The van der Waals surface area contributed by atoms with E-state index in [0.717, 1.165) is 25.0 Å². The summed E-state index contributed by atoms with van der Waals surface area (Å²) < 4.78 is 10.9. The highest BCUT2D eigenvalue weighted by Crippen LogP contribution is 2.11.